The molecule has 0 saturated heterocycles. The topological polar surface area (TPSA) is 35.5 Å². The molecule has 0 N–H and O–H groups in total. The van der Waals surface area contributed by atoms with Gasteiger partial charge < -0.3 is 9.47 Å². The average molecular weight is 493 g/mol. The van der Waals surface area contributed by atoms with Crippen LogP contribution in [0.25, 0.3) is 31.3 Å². The first-order chi connectivity index (χ1) is 16.8. The highest BCUT2D eigenvalue weighted by atomic mass is 32.1. The summed E-state index contributed by atoms with van der Waals surface area (Å²) in [5.74, 6) is -1.99. The first-order valence-corrected chi connectivity index (χ1v) is 12.1. The molecule has 0 unspecified atom stereocenters. The van der Waals surface area contributed by atoms with Gasteiger partial charge in [-0.1, -0.05) is 55.1 Å². The molecule has 0 atom stereocenters. The van der Waals surface area contributed by atoms with Crippen LogP contribution < -0.4 is 4.74 Å². The minimum Gasteiger partial charge on any atom is -0.420 e. The predicted octanol–water partition coefficient (Wildman–Crippen LogP) is 8.01. The van der Waals surface area contributed by atoms with Crippen LogP contribution >= 0.6 is 11.3 Å². The molecule has 0 bridgehead atoms. The van der Waals surface area contributed by atoms with E-state index in [9.17, 15) is 4.79 Å². The molecule has 0 aliphatic carbocycles. The van der Waals surface area contributed by atoms with Crippen LogP contribution in [0, 0.1) is 11.6 Å². The van der Waals surface area contributed by atoms with Crippen LogP contribution in [-0.4, -0.2) is 19.2 Å². The lowest BCUT2D eigenvalue weighted by atomic mass is 10.0. The highest BCUT2D eigenvalue weighted by Crippen LogP contribution is 2.42. The van der Waals surface area contributed by atoms with Crippen LogP contribution in [0.3, 0.4) is 0 Å². The highest BCUT2D eigenvalue weighted by molar-refractivity contribution is 7.26. The van der Waals surface area contributed by atoms with E-state index in [1.54, 1.807) is 18.2 Å². The van der Waals surface area contributed by atoms with Crippen molar-refractivity contribution in [1.29, 1.82) is 0 Å². The van der Waals surface area contributed by atoms with E-state index in [0.717, 1.165) is 40.9 Å². The number of hydrogen-bond donors (Lipinski definition) is 0. The molecule has 3 aromatic carbocycles. The van der Waals surface area contributed by atoms with Gasteiger partial charge in [0.25, 0.3) is 0 Å². The quantitative estimate of drug-likeness (QED) is 0.0780. The second-order valence-electron chi connectivity index (χ2n) is 8.64. The fraction of sp³-hybridized carbons (Fsp3) is 0.207. The van der Waals surface area contributed by atoms with E-state index >= 15 is 8.78 Å². The summed E-state index contributed by atoms with van der Waals surface area (Å²) in [4.78, 5) is 11.8. The molecule has 0 fully saturated rings. The van der Waals surface area contributed by atoms with Gasteiger partial charge in [0, 0.05) is 28.5 Å². The van der Waals surface area contributed by atoms with Gasteiger partial charge in [0.1, 0.15) is 5.82 Å². The Morgan fingerprint density at radius 2 is 1.57 bits per heavy atom. The number of aryl methyl sites for hydroxylation is 1. The summed E-state index contributed by atoms with van der Waals surface area (Å²) in [5, 5.41) is 1.20. The Balaban J connectivity index is 1.58. The Labute approximate surface area is 207 Å². The fourth-order valence-electron chi connectivity index (χ4n) is 3.78. The lowest BCUT2D eigenvalue weighted by Crippen LogP contribution is -2.09. The van der Waals surface area contributed by atoms with Crippen LogP contribution in [0.1, 0.15) is 25.8 Å². The van der Waals surface area contributed by atoms with Crippen LogP contribution in [0.15, 0.2) is 72.8 Å². The molecule has 3 nitrogen and oxygen atoms in total. The second-order valence-corrected chi connectivity index (χ2v) is 9.66. The third-order valence-electron chi connectivity index (χ3n) is 5.57. The SMILES string of the molecule is C=C(C)COCCCc1ccc(-c2ccc3c(sc4c(F)c(OC(=O)C(=C)C)ccc43)c2F)cc1. The molecule has 35 heavy (non-hydrogen) atoms. The number of ether oxygens (including phenoxy) is 2. The molecular weight excluding hydrogens is 466 g/mol. The molecule has 4 aromatic rings. The van der Waals surface area contributed by atoms with Gasteiger partial charge in [-0.3, -0.25) is 0 Å². The maximum Gasteiger partial charge on any atom is 0.338 e. The first-order valence-electron chi connectivity index (χ1n) is 11.3. The van der Waals surface area contributed by atoms with E-state index in [4.69, 9.17) is 9.47 Å². The van der Waals surface area contributed by atoms with Gasteiger partial charge in [-0.2, -0.15) is 0 Å². The minimum atomic E-state index is -0.708. The normalized spacial score (nSPS) is 11.2. The van der Waals surface area contributed by atoms with Crippen molar-refractivity contribution in [1.82, 2.24) is 0 Å². The van der Waals surface area contributed by atoms with Crippen molar-refractivity contribution in [2.45, 2.75) is 26.7 Å². The number of esters is 1. The van der Waals surface area contributed by atoms with Crippen molar-refractivity contribution in [3.05, 3.63) is 90.0 Å². The summed E-state index contributed by atoms with van der Waals surface area (Å²) >= 11 is 1.01. The van der Waals surface area contributed by atoms with Crippen LogP contribution in [-0.2, 0) is 16.0 Å². The summed E-state index contributed by atoms with van der Waals surface area (Å²) in [7, 11) is 0. The summed E-state index contributed by atoms with van der Waals surface area (Å²) in [6, 6.07) is 14.3. The van der Waals surface area contributed by atoms with Gasteiger partial charge in [0.2, 0.25) is 0 Å². The number of thiophene rings is 1. The van der Waals surface area contributed by atoms with E-state index in [2.05, 4.69) is 13.2 Å². The second kappa shape index (κ2) is 10.5. The van der Waals surface area contributed by atoms with Crippen molar-refractivity contribution in [3.63, 3.8) is 0 Å². The van der Waals surface area contributed by atoms with Gasteiger partial charge in [-0.25, -0.2) is 13.6 Å². The van der Waals surface area contributed by atoms with Gasteiger partial charge >= 0.3 is 5.97 Å². The lowest BCUT2D eigenvalue weighted by molar-refractivity contribution is -0.130. The number of carbonyl (C=O) groups is 1. The van der Waals surface area contributed by atoms with Gasteiger partial charge in [-0.15, -0.1) is 11.3 Å². The molecule has 0 aliphatic heterocycles. The Hall–Kier alpha value is -3.35. The molecule has 0 saturated carbocycles. The predicted molar refractivity (Wildman–Crippen MR) is 139 cm³/mol. The number of hydrogen-bond acceptors (Lipinski definition) is 4. The van der Waals surface area contributed by atoms with Gasteiger partial charge in [0.15, 0.2) is 11.6 Å². The zero-order chi connectivity index (χ0) is 25.1. The smallest absolute Gasteiger partial charge is 0.338 e. The van der Waals surface area contributed by atoms with Crippen molar-refractivity contribution >= 4 is 37.5 Å². The van der Waals surface area contributed by atoms with Crippen molar-refractivity contribution in [2.75, 3.05) is 13.2 Å². The molecule has 1 aromatic heterocycles. The first kappa shape index (κ1) is 24.8. The number of benzene rings is 3. The summed E-state index contributed by atoms with van der Waals surface area (Å²) in [6.07, 6.45) is 1.76. The molecule has 6 heteroatoms. The molecule has 0 spiro atoms. The molecule has 0 amide bonds. The summed E-state index contributed by atoms with van der Waals surface area (Å²) in [5.41, 5.74) is 3.52. The van der Waals surface area contributed by atoms with Crippen molar-refractivity contribution in [3.8, 4) is 16.9 Å². The third-order valence-corrected chi connectivity index (χ3v) is 6.78. The number of rotatable bonds is 9. The summed E-state index contributed by atoms with van der Waals surface area (Å²) < 4.78 is 41.9. The zero-order valence-electron chi connectivity index (χ0n) is 19.8. The molecule has 0 radical (unpaired) electrons. The fourth-order valence-corrected chi connectivity index (χ4v) is 4.95. The maximum atomic E-state index is 15.6. The molecule has 0 aliphatic rings. The van der Waals surface area contributed by atoms with Crippen LogP contribution in [0.5, 0.6) is 5.75 Å². The average Bonchev–Trinajstić information content (AvgIpc) is 3.21. The van der Waals surface area contributed by atoms with Crippen molar-refractivity contribution < 1.29 is 23.0 Å². The van der Waals surface area contributed by atoms with Gasteiger partial charge in [-0.05, 0) is 49.9 Å². The molecule has 1 heterocycles. The number of halogens is 2. The lowest BCUT2D eigenvalue weighted by Gasteiger charge is -2.07. The van der Waals surface area contributed by atoms with E-state index in [1.807, 2.05) is 31.2 Å². The largest absolute Gasteiger partial charge is 0.420 e. The molecular formula is C29H26F2O3S. The Morgan fingerprint density at radius 1 is 0.914 bits per heavy atom. The van der Waals surface area contributed by atoms with Crippen molar-refractivity contribution in [2.24, 2.45) is 0 Å². The summed E-state index contributed by atoms with van der Waals surface area (Å²) in [6.45, 7) is 12.0. The zero-order valence-corrected chi connectivity index (χ0v) is 20.6. The Bertz CT molecular complexity index is 1430. The van der Waals surface area contributed by atoms with E-state index < -0.39 is 17.6 Å². The standard InChI is InChI=1S/C29H26F2O3S/c1-17(2)16-33-15-5-6-19-7-9-20(10-8-19)21-11-12-22-23-13-14-24(34-29(32)18(3)4)26(31)28(23)35-27(22)25(21)30/h7-14H,1,3,5-6,15-16H2,2,4H3. The van der Waals surface area contributed by atoms with Crippen LogP contribution in [0.2, 0.25) is 0 Å². The van der Waals surface area contributed by atoms with Gasteiger partial charge in [0.05, 0.1) is 16.0 Å². The number of fused-ring (bicyclic) bond motifs is 3. The van der Waals surface area contributed by atoms with Crippen LogP contribution in [0.4, 0.5) is 8.78 Å². The maximum absolute atomic E-state index is 15.6. The van der Waals surface area contributed by atoms with E-state index in [1.165, 1.54) is 13.0 Å². The van der Waals surface area contributed by atoms with E-state index in [-0.39, 0.29) is 16.0 Å². The Morgan fingerprint density at radius 3 is 2.23 bits per heavy atom. The molecule has 180 valence electrons. The Kier molecular flexibility index (Phi) is 7.43. The number of carbonyl (C=O) groups excluding carboxylic acids is 1. The monoisotopic (exact) mass is 492 g/mol. The van der Waals surface area contributed by atoms with E-state index in [0.29, 0.717) is 34.2 Å². The minimum absolute atomic E-state index is 0.165. The molecule has 4 rings (SSSR count). The highest BCUT2D eigenvalue weighted by Gasteiger charge is 2.19. The third kappa shape index (κ3) is 5.34.